The van der Waals surface area contributed by atoms with Gasteiger partial charge in [0.25, 0.3) is 11.8 Å². The monoisotopic (exact) mass is 456 g/mol. The maximum absolute atomic E-state index is 13.0. The number of hydrogen-bond acceptors (Lipinski definition) is 5. The summed E-state index contributed by atoms with van der Waals surface area (Å²) < 4.78 is 5.70. The van der Waals surface area contributed by atoms with Gasteiger partial charge in [0.15, 0.2) is 0 Å². The van der Waals surface area contributed by atoms with Crippen LogP contribution >= 0.6 is 0 Å². The Kier molecular flexibility index (Phi) is 6.22. The Bertz CT molecular complexity index is 1330. The second kappa shape index (κ2) is 9.41. The first-order valence-electron chi connectivity index (χ1n) is 10.3. The van der Waals surface area contributed by atoms with Gasteiger partial charge in [0, 0.05) is 0 Å². The second-order valence-electron chi connectivity index (χ2n) is 7.66. The molecule has 1 fully saturated rings. The van der Waals surface area contributed by atoms with E-state index in [0.29, 0.717) is 22.6 Å². The van der Waals surface area contributed by atoms with Gasteiger partial charge < -0.3 is 9.84 Å². The van der Waals surface area contributed by atoms with Crippen molar-refractivity contribution in [3.05, 3.63) is 101 Å². The number of nitrogens with zero attached hydrogens (tertiary/aromatic N) is 1. The largest absolute Gasteiger partial charge is 0.489 e. The SMILES string of the molecule is Cc1cccc(N2C(=O)NC(=O)/C(=C\c3ccc(OCc4cccc(C(=O)O)c4)cc3)C2=O)c1. The number of hydrogen-bond donors (Lipinski definition) is 2. The van der Waals surface area contributed by atoms with Crippen LogP contribution in [0.4, 0.5) is 10.5 Å². The van der Waals surface area contributed by atoms with Crippen LogP contribution in [0.15, 0.2) is 78.4 Å². The number of carboxylic acids is 1. The van der Waals surface area contributed by atoms with Crippen molar-refractivity contribution >= 4 is 35.6 Å². The molecular formula is C26H20N2O6. The summed E-state index contributed by atoms with van der Waals surface area (Å²) in [5.74, 6) is -1.96. The van der Waals surface area contributed by atoms with Crippen LogP contribution in [0.1, 0.15) is 27.0 Å². The third-order valence-electron chi connectivity index (χ3n) is 5.13. The van der Waals surface area contributed by atoms with Crippen LogP contribution in [-0.4, -0.2) is 28.9 Å². The minimum absolute atomic E-state index is 0.166. The van der Waals surface area contributed by atoms with Crippen molar-refractivity contribution in [1.82, 2.24) is 5.32 Å². The summed E-state index contributed by atoms with van der Waals surface area (Å²) in [4.78, 5) is 49.7. The second-order valence-corrected chi connectivity index (χ2v) is 7.66. The van der Waals surface area contributed by atoms with Gasteiger partial charge in [0.1, 0.15) is 17.9 Å². The predicted molar refractivity (Wildman–Crippen MR) is 124 cm³/mol. The van der Waals surface area contributed by atoms with Crippen LogP contribution in [0.25, 0.3) is 6.08 Å². The highest BCUT2D eigenvalue weighted by Gasteiger charge is 2.36. The van der Waals surface area contributed by atoms with Gasteiger partial charge in [0.05, 0.1) is 11.3 Å². The number of aromatic carboxylic acids is 1. The van der Waals surface area contributed by atoms with E-state index in [1.165, 1.54) is 18.2 Å². The average molecular weight is 456 g/mol. The van der Waals surface area contributed by atoms with Crippen LogP contribution in [0, 0.1) is 6.92 Å². The molecule has 1 aliphatic heterocycles. The van der Waals surface area contributed by atoms with E-state index in [2.05, 4.69) is 5.32 Å². The Labute approximate surface area is 195 Å². The number of aryl methyl sites for hydroxylation is 1. The van der Waals surface area contributed by atoms with E-state index in [1.807, 2.05) is 13.0 Å². The van der Waals surface area contributed by atoms with E-state index < -0.39 is 23.8 Å². The van der Waals surface area contributed by atoms with Crippen LogP contribution in [0.3, 0.4) is 0 Å². The lowest BCUT2D eigenvalue weighted by Crippen LogP contribution is -2.54. The number of amides is 4. The molecule has 0 aliphatic carbocycles. The van der Waals surface area contributed by atoms with Crippen molar-refractivity contribution in [3.63, 3.8) is 0 Å². The number of urea groups is 1. The molecule has 3 aromatic carbocycles. The molecule has 2 N–H and O–H groups in total. The van der Waals surface area contributed by atoms with Crippen LogP contribution in [-0.2, 0) is 16.2 Å². The van der Waals surface area contributed by atoms with Crippen molar-refractivity contribution in [2.45, 2.75) is 13.5 Å². The fourth-order valence-corrected chi connectivity index (χ4v) is 3.45. The normalized spacial score (nSPS) is 14.8. The molecule has 1 heterocycles. The maximum Gasteiger partial charge on any atom is 0.335 e. The lowest BCUT2D eigenvalue weighted by Gasteiger charge is -2.26. The summed E-state index contributed by atoms with van der Waals surface area (Å²) in [5.41, 5.74) is 2.52. The molecule has 0 atom stereocenters. The minimum Gasteiger partial charge on any atom is -0.489 e. The number of carbonyl (C=O) groups excluding carboxylic acids is 3. The Morgan fingerprint density at radius 1 is 1.00 bits per heavy atom. The van der Waals surface area contributed by atoms with Crippen molar-refractivity contribution in [2.24, 2.45) is 0 Å². The third kappa shape index (κ3) is 4.86. The highest BCUT2D eigenvalue weighted by atomic mass is 16.5. The highest BCUT2D eigenvalue weighted by Crippen LogP contribution is 2.23. The number of nitrogens with one attached hydrogen (secondary N) is 1. The van der Waals surface area contributed by atoms with E-state index in [1.54, 1.807) is 54.6 Å². The molecule has 170 valence electrons. The number of imide groups is 2. The fourth-order valence-electron chi connectivity index (χ4n) is 3.45. The van der Waals surface area contributed by atoms with Gasteiger partial charge in [0.2, 0.25) is 0 Å². The quantitative estimate of drug-likeness (QED) is 0.429. The molecule has 0 spiro atoms. The number of carbonyl (C=O) groups is 4. The molecular weight excluding hydrogens is 436 g/mol. The molecule has 4 amide bonds. The maximum atomic E-state index is 13.0. The first-order chi connectivity index (χ1) is 16.3. The molecule has 8 nitrogen and oxygen atoms in total. The lowest BCUT2D eigenvalue weighted by atomic mass is 10.1. The first kappa shape index (κ1) is 22.5. The number of carboxylic acid groups (broad SMARTS) is 1. The van der Waals surface area contributed by atoms with E-state index in [0.717, 1.165) is 10.5 Å². The molecule has 0 bridgehead atoms. The minimum atomic E-state index is -1.01. The fraction of sp³-hybridized carbons (Fsp3) is 0.0769. The van der Waals surface area contributed by atoms with E-state index in [9.17, 15) is 19.2 Å². The molecule has 0 unspecified atom stereocenters. The summed E-state index contributed by atoms with van der Waals surface area (Å²) in [6.07, 6.45) is 1.41. The van der Waals surface area contributed by atoms with Crippen molar-refractivity contribution in [3.8, 4) is 5.75 Å². The molecule has 0 radical (unpaired) electrons. The van der Waals surface area contributed by atoms with Crippen molar-refractivity contribution in [1.29, 1.82) is 0 Å². The number of barbiturate groups is 1. The molecule has 1 aliphatic rings. The third-order valence-corrected chi connectivity index (χ3v) is 5.13. The van der Waals surface area contributed by atoms with Gasteiger partial charge in [-0.05, 0) is 66.1 Å². The van der Waals surface area contributed by atoms with Gasteiger partial charge in [-0.15, -0.1) is 0 Å². The van der Waals surface area contributed by atoms with Crippen LogP contribution in [0.2, 0.25) is 0 Å². The molecule has 8 heteroatoms. The summed E-state index contributed by atoms with van der Waals surface area (Å²) in [7, 11) is 0. The van der Waals surface area contributed by atoms with Gasteiger partial charge >= 0.3 is 12.0 Å². The van der Waals surface area contributed by atoms with Crippen molar-refractivity contribution < 1.29 is 29.0 Å². The summed E-state index contributed by atoms with van der Waals surface area (Å²) in [5, 5.41) is 11.3. The van der Waals surface area contributed by atoms with Gasteiger partial charge in [-0.25, -0.2) is 14.5 Å². The molecule has 34 heavy (non-hydrogen) atoms. The number of ether oxygens (including phenoxy) is 1. The Morgan fingerprint density at radius 3 is 2.44 bits per heavy atom. The molecule has 3 aromatic rings. The molecule has 1 saturated heterocycles. The Hall–Kier alpha value is -4.72. The number of benzene rings is 3. The van der Waals surface area contributed by atoms with Gasteiger partial charge in [-0.2, -0.15) is 0 Å². The van der Waals surface area contributed by atoms with Crippen molar-refractivity contribution in [2.75, 3.05) is 4.90 Å². The predicted octanol–water partition coefficient (Wildman–Crippen LogP) is 3.94. The lowest BCUT2D eigenvalue weighted by molar-refractivity contribution is -0.122. The smallest absolute Gasteiger partial charge is 0.335 e. The Morgan fingerprint density at radius 2 is 1.74 bits per heavy atom. The zero-order chi connectivity index (χ0) is 24.2. The van der Waals surface area contributed by atoms with E-state index in [-0.39, 0.29) is 17.7 Å². The number of anilines is 1. The molecule has 0 aromatic heterocycles. The van der Waals surface area contributed by atoms with Gasteiger partial charge in [-0.3, -0.25) is 14.9 Å². The van der Waals surface area contributed by atoms with E-state index >= 15 is 0 Å². The Balaban J connectivity index is 1.50. The standard InChI is InChI=1S/C26H20N2O6/c1-16-4-2-7-20(12-16)28-24(30)22(23(29)27-26(28)33)14-17-8-10-21(11-9-17)34-15-18-5-3-6-19(13-18)25(31)32/h2-14H,15H2,1H3,(H,31,32)(H,27,29,33)/b22-14+. The topological polar surface area (TPSA) is 113 Å². The highest BCUT2D eigenvalue weighted by molar-refractivity contribution is 6.39. The van der Waals surface area contributed by atoms with Crippen LogP contribution in [0.5, 0.6) is 5.75 Å². The summed E-state index contributed by atoms with van der Waals surface area (Å²) >= 11 is 0. The summed E-state index contributed by atoms with van der Waals surface area (Å²) in [6.45, 7) is 2.01. The van der Waals surface area contributed by atoms with Gasteiger partial charge in [-0.1, -0.05) is 36.4 Å². The zero-order valence-electron chi connectivity index (χ0n) is 18.1. The number of rotatable bonds is 6. The van der Waals surface area contributed by atoms with E-state index in [4.69, 9.17) is 9.84 Å². The molecule has 0 saturated carbocycles. The average Bonchev–Trinajstić information content (AvgIpc) is 2.81. The first-order valence-corrected chi connectivity index (χ1v) is 10.3. The molecule has 4 rings (SSSR count). The van der Waals surface area contributed by atoms with Crippen LogP contribution < -0.4 is 15.0 Å². The zero-order valence-corrected chi connectivity index (χ0v) is 18.1. The summed E-state index contributed by atoms with van der Waals surface area (Å²) in [6, 6.07) is 19.2.